The maximum absolute atomic E-state index is 13.0. The van der Waals surface area contributed by atoms with E-state index < -0.39 is 10.1 Å². The first-order chi connectivity index (χ1) is 13.2. The summed E-state index contributed by atoms with van der Waals surface area (Å²) in [6.45, 7) is 12.7. The maximum Gasteiger partial charge on any atom is 0.294 e. The van der Waals surface area contributed by atoms with E-state index in [1.54, 1.807) is 12.1 Å². The molecular formula is C22H36N2O4S. The van der Waals surface area contributed by atoms with Crippen molar-refractivity contribution in [2.75, 3.05) is 0 Å². The highest BCUT2D eigenvalue weighted by molar-refractivity contribution is 7.85. The van der Waals surface area contributed by atoms with E-state index in [1.165, 1.54) is 12.1 Å². The molecule has 1 saturated heterocycles. The molecule has 29 heavy (non-hydrogen) atoms. The van der Waals surface area contributed by atoms with Crippen LogP contribution in [-0.4, -0.2) is 36.0 Å². The third-order valence-electron chi connectivity index (χ3n) is 5.79. The summed E-state index contributed by atoms with van der Waals surface area (Å²) in [5.41, 5.74) is 0.903. The summed E-state index contributed by atoms with van der Waals surface area (Å²) in [6.07, 6.45) is 3.22. The average molecular weight is 425 g/mol. The van der Waals surface area contributed by atoms with Crippen LogP contribution >= 0.6 is 0 Å². The van der Waals surface area contributed by atoms with E-state index in [4.69, 9.17) is 4.55 Å². The Kier molecular flexibility index (Phi) is 7.18. The van der Waals surface area contributed by atoms with Gasteiger partial charge in [0.05, 0.1) is 4.90 Å². The smallest absolute Gasteiger partial charge is 0.294 e. The molecule has 6 nitrogen and oxygen atoms in total. The zero-order chi connectivity index (χ0) is 22.0. The first-order valence-electron chi connectivity index (χ1n) is 10.4. The fourth-order valence-electron chi connectivity index (χ4n) is 4.73. The Morgan fingerprint density at radius 1 is 1.17 bits per heavy atom. The van der Waals surface area contributed by atoms with Gasteiger partial charge in [-0.2, -0.15) is 8.42 Å². The lowest BCUT2D eigenvalue weighted by atomic mass is 9.79. The molecule has 0 aliphatic carbocycles. The first-order valence-corrected chi connectivity index (χ1v) is 11.8. The lowest BCUT2D eigenvalue weighted by Crippen LogP contribution is -2.62. The molecule has 0 aromatic heterocycles. The quantitative estimate of drug-likeness (QED) is 0.577. The molecule has 2 atom stereocenters. The summed E-state index contributed by atoms with van der Waals surface area (Å²) >= 11 is 0. The second-order valence-corrected chi connectivity index (χ2v) is 11.2. The van der Waals surface area contributed by atoms with Crippen molar-refractivity contribution in [2.45, 2.75) is 95.2 Å². The molecule has 1 aliphatic rings. The van der Waals surface area contributed by atoms with Gasteiger partial charge in [0.1, 0.15) is 0 Å². The Hall–Kier alpha value is -1.44. The molecule has 1 aromatic rings. The van der Waals surface area contributed by atoms with Gasteiger partial charge in [-0.3, -0.25) is 9.35 Å². The minimum atomic E-state index is -4.19. The van der Waals surface area contributed by atoms with Crippen LogP contribution in [0.1, 0.15) is 78.7 Å². The number of hydrogen-bond donors (Lipinski definition) is 3. The van der Waals surface area contributed by atoms with Crippen LogP contribution in [0.15, 0.2) is 29.2 Å². The second-order valence-electron chi connectivity index (χ2n) is 9.79. The van der Waals surface area contributed by atoms with Crippen LogP contribution in [0.2, 0.25) is 0 Å². The summed E-state index contributed by atoms with van der Waals surface area (Å²) in [7, 11) is -4.19. The van der Waals surface area contributed by atoms with Gasteiger partial charge in [-0.25, -0.2) is 0 Å². The Balaban J connectivity index is 2.02. The SMILES string of the molecule is CCC(CC(C)c1ccc(S(=O)(=O)O)cc1)C(=O)NC1CC(C)(C)NC(C)(C)C1. The topological polar surface area (TPSA) is 95.5 Å². The lowest BCUT2D eigenvalue weighted by molar-refractivity contribution is -0.126. The maximum atomic E-state index is 13.0. The van der Waals surface area contributed by atoms with E-state index in [-0.39, 0.29) is 39.8 Å². The molecule has 0 spiro atoms. The van der Waals surface area contributed by atoms with Gasteiger partial charge in [0.2, 0.25) is 5.91 Å². The molecule has 1 aromatic carbocycles. The van der Waals surface area contributed by atoms with Gasteiger partial charge >= 0.3 is 0 Å². The molecule has 1 fully saturated rings. The van der Waals surface area contributed by atoms with Crippen molar-refractivity contribution in [1.29, 1.82) is 0 Å². The van der Waals surface area contributed by atoms with E-state index in [0.717, 1.165) is 24.8 Å². The molecule has 3 N–H and O–H groups in total. The fourth-order valence-corrected chi connectivity index (χ4v) is 5.21. The van der Waals surface area contributed by atoms with Crippen molar-refractivity contribution in [2.24, 2.45) is 5.92 Å². The van der Waals surface area contributed by atoms with Crippen molar-refractivity contribution >= 4 is 16.0 Å². The molecule has 1 aliphatic heterocycles. The van der Waals surface area contributed by atoms with E-state index in [1.807, 2.05) is 13.8 Å². The predicted octanol–water partition coefficient (Wildman–Crippen LogP) is 3.88. The molecule has 7 heteroatoms. The Morgan fingerprint density at radius 2 is 1.69 bits per heavy atom. The number of hydrogen-bond acceptors (Lipinski definition) is 4. The van der Waals surface area contributed by atoms with Gasteiger partial charge in [-0.15, -0.1) is 0 Å². The minimum absolute atomic E-state index is 0.0243. The number of rotatable bonds is 7. The molecule has 0 bridgehead atoms. The van der Waals surface area contributed by atoms with Crippen LogP contribution in [0.4, 0.5) is 0 Å². The molecule has 2 rings (SSSR count). The van der Waals surface area contributed by atoms with Gasteiger partial charge in [0.15, 0.2) is 0 Å². The average Bonchev–Trinajstić information content (AvgIpc) is 2.55. The number of piperidine rings is 1. The molecule has 0 radical (unpaired) electrons. The number of carbonyl (C=O) groups is 1. The van der Waals surface area contributed by atoms with Crippen molar-refractivity contribution in [3.8, 4) is 0 Å². The second kappa shape index (κ2) is 8.74. The van der Waals surface area contributed by atoms with Gasteiger partial charge < -0.3 is 10.6 Å². The standard InChI is InChI=1S/C22H36N2O4S/c1-7-16(12-15(2)17-8-10-19(11-9-17)29(26,27)28)20(25)23-18-13-21(3,4)24-22(5,6)14-18/h8-11,15-16,18,24H,7,12-14H2,1-6H3,(H,23,25)(H,26,27,28). The molecule has 1 amide bonds. The zero-order valence-corrected chi connectivity index (χ0v) is 19.3. The van der Waals surface area contributed by atoms with Gasteiger partial charge in [0, 0.05) is 23.0 Å². The van der Waals surface area contributed by atoms with Crippen LogP contribution in [0.3, 0.4) is 0 Å². The van der Waals surface area contributed by atoms with Gasteiger partial charge in [0.25, 0.3) is 10.1 Å². The highest BCUT2D eigenvalue weighted by Gasteiger charge is 2.38. The van der Waals surface area contributed by atoms with Crippen LogP contribution in [-0.2, 0) is 14.9 Å². The van der Waals surface area contributed by atoms with Crippen molar-refractivity contribution in [1.82, 2.24) is 10.6 Å². The monoisotopic (exact) mass is 424 g/mol. The first kappa shape index (κ1) is 23.8. The fraction of sp³-hybridized carbons (Fsp3) is 0.682. The highest BCUT2D eigenvalue weighted by Crippen LogP contribution is 2.30. The molecule has 164 valence electrons. The lowest BCUT2D eigenvalue weighted by Gasteiger charge is -2.46. The van der Waals surface area contributed by atoms with Crippen LogP contribution in [0.5, 0.6) is 0 Å². The number of benzene rings is 1. The summed E-state index contributed by atoms with van der Waals surface area (Å²) in [6, 6.07) is 6.36. The third kappa shape index (κ3) is 6.79. The Morgan fingerprint density at radius 3 is 2.14 bits per heavy atom. The van der Waals surface area contributed by atoms with E-state index in [2.05, 4.69) is 38.3 Å². The third-order valence-corrected chi connectivity index (χ3v) is 6.65. The van der Waals surface area contributed by atoms with E-state index in [0.29, 0.717) is 6.42 Å². The van der Waals surface area contributed by atoms with Crippen molar-refractivity contribution in [3.63, 3.8) is 0 Å². The summed E-state index contributed by atoms with van der Waals surface area (Å²) in [5.74, 6) is 0.0850. The molecule has 0 saturated carbocycles. The molecule has 1 heterocycles. The summed E-state index contributed by atoms with van der Waals surface area (Å²) in [4.78, 5) is 12.9. The van der Waals surface area contributed by atoms with Gasteiger partial charge in [-0.05, 0) is 77.0 Å². The summed E-state index contributed by atoms with van der Waals surface area (Å²) < 4.78 is 31.5. The van der Waals surface area contributed by atoms with Crippen LogP contribution in [0, 0.1) is 5.92 Å². The normalized spacial score (nSPS) is 21.3. The van der Waals surface area contributed by atoms with Crippen molar-refractivity contribution < 1.29 is 17.8 Å². The Bertz CT molecular complexity index is 800. The number of amides is 1. The molecular weight excluding hydrogens is 388 g/mol. The predicted molar refractivity (Wildman–Crippen MR) is 116 cm³/mol. The Labute approximate surface area is 175 Å². The minimum Gasteiger partial charge on any atom is -0.353 e. The van der Waals surface area contributed by atoms with E-state index in [9.17, 15) is 13.2 Å². The van der Waals surface area contributed by atoms with E-state index >= 15 is 0 Å². The zero-order valence-electron chi connectivity index (χ0n) is 18.5. The number of nitrogens with one attached hydrogen (secondary N) is 2. The largest absolute Gasteiger partial charge is 0.353 e. The van der Waals surface area contributed by atoms with Crippen LogP contribution < -0.4 is 10.6 Å². The van der Waals surface area contributed by atoms with Crippen molar-refractivity contribution in [3.05, 3.63) is 29.8 Å². The number of carbonyl (C=O) groups excluding carboxylic acids is 1. The molecule has 2 unspecified atom stereocenters. The van der Waals surface area contributed by atoms with Gasteiger partial charge in [-0.1, -0.05) is 26.0 Å². The van der Waals surface area contributed by atoms with Crippen LogP contribution in [0.25, 0.3) is 0 Å². The summed E-state index contributed by atoms with van der Waals surface area (Å²) in [5, 5.41) is 6.91. The highest BCUT2D eigenvalue weighted by atomic mass is 32.2.